The molecule has 0 atom stereocenters. The zero-order chi connectivity index (χ0) is 8.43. The summed E-state index contributed by atoms with van der Waals surface area (Å²) in [5.74, 6) is 0. The van der Waals surface area contributed by atoms with Crippen LogP contribution in [0.15, 0.2) is 12.1 Å². The number of aryl methyl sites for hydroxylation is 2. The first-order chi connectivity index (χ1) is 5.16. The molecular formula is C10H11OY-. The summed E-state index contributed by atoms with van der Waals surface area (Å²) in [5, 5.41) is 0. The Kier molecular flexibility index (Phi) is 4.88. The van der Waals surface area contributed by atoms with Crippen LogP contribution in [0.25, 0.3) is 0 Å². The molecule has 0 bridgehead atoms. The van der Waals surface area contributed by atoms with Crippen LogP contribution in [-0.2, 0) is 37.5 Å². The van der Waals surface area contributed by atoms with Crippen molar-refractivity contribution >= 4 is 6.29 Å². The van der Waals surface area contributed by atoms with E-state index in [1.54, 1.807) is 0 Å². The van der Waals surface area contributed by atoms with E-state index in [1.165, 1.54) is 0 Å². The van der Waals surface area contributed by atoms with Gasteiger partial charge in [-0.05, 0) is 0 Å². The Hall–Kier alpha value is -0.00610. The average Bonchev–Trinajstić information content (AvgIpc) is 1.99. The summed E-state index contributed by atoms with van der Waals surface area (Å²) < 4.78 is 0. The van der Waals surface area contributed by atoms with Gasteiger partial charge < -0.3 is 4.79 Å². The predicted molar refractivity (Wildman–Crippen MR) is 45.4 cm³/mol. The van der Waals surface area contributed by atoms with Crippen LogP contribution in [0.2, 0.25) is 0 Å². The van der Waals surface area contributed by atoms with Crippen LogP contribution in [0, 0.1) is 20.8 Å². The summed E-state index contributed by atoms with van der Waals surface area (Å²) >= 11 is 0. The topological polar surface area (TPSA) is 17.1 Å². The number of benzene rings is 1. The summed E-state index contributed by atoms with van der Waals surface area (Å²) in [6.45, 7) is 5.87. The Morgan fingerprint density at radius 1 is 1.08 bits per heavy atom. The van der Waals surface area contributed by atoms with Crippen LogP contribution in [0.4, 0.5) is 0 Å². The van der Waals surface area contributed by atoms with Gasteiger partial charge in [0, 0.05) is 32.7 Å². The third kappa shape index (κ3) is 2.24. The zero-order valence-electron chi connectivity index (χ0n) is 7.64. The predicted octanol–water partition coefficient (Wildman–Crippen LogP) is 2.07. The van der Waals surface area contributed by atoms with Crippen molar-refractivity contribution in [3.63, 3.8) is 0 Å². The van der Waals surface area contributed by atoms with E-state index in [9.17, 15) is 4.79 Å². The SMILES string of the molecule is Cc1ccc(C)c([C-]=O)c1C.[Y]. The quantitative estimate of drug-likeness (QED) is 0.682. The summed E-state index contributed by atoms with van der Waals surface area (Å²) in [4.78, 5) is 10.5. The van der Waals surface area contributed by atoms with E-state index in [-0.39, 0.29) is 32.7 Å². The molecule has 61 valence electrons. The molecule has 0 unspecified atom stereocenters. The van der Waals surface area contributed by atoms with Crippen molar-refractivity contribution in [2.75, 3.05) is 0 Å². The van der Waals surface area contributed by atoms with Crippen molar-refractivity contribution in [1.29, 1.82) is 0 Å². The molecule has 2 heteroatoms. The summed E-state index contributed by atoms with van der Waals surface area (Å²) in [5.41, 5.74) is 3.90. The van der Waals surface area contributed by atoms with Gasteiger partial charge in [0.15, 0.2) is 0 Å². The molecule has 0 aliphatic rings. The molecule has 0 aliphatic heterocycles. The maximum absolute atomic E-state index is 10.5. The average molecular weight is 236 g/mol. The molecule has 0 aromatic heterocycles. The van der Waals surface area contributed by atoms with E-state index in [2.05, 4.69) is 0 Å². The van der Waals surface area contributed by atoms with Crippen molar-refractivity contribution in [3.05, 3.63) is 34.4 Å². The molecule has 1 radical (unpaired) electrons. The minimum absolute atomic E-state index is 0. The number of hydrogen-bond donors (Lipinski definition) is 0. The van der Waals surface area contributed by atoms with Gasteiger partial charge in [-0.2, -0.15) is 0 Å². The summed E-state index contributed by atoms with van der Waals surface area (Å²) in [6.07, 6.45) is 1.95. The molecule has 1 nitrogen and oxygen atoms in total. The van der Waals surface area contributed by atoms with Gasteiger partial charge in [-0.1, -0.05) is 26.8 Å². The Morgan fingerprint density at radius 3 is 2.00 bits per heavy atom. The Balaban J connectivity index is 0.00000121. The van der Waals surface area contributed by atoms with Crippen LogP contribution in [0.5, 0.6) is 0 Å². The fourth-order valence-corrected chi connectivity index (χ4v) is 1.11. The van der Waals surface area contributed by atoms with Gasteiger partial charge in [0.05, 0.1) is 6.29 Å². The smallest absolute Gasteiger partial charge is 0.0632 e. The number of rotatable bonds is 1. The molecule has 0 N–H and O–H groups in total. The summed E-state index contributed by atoms with van der Waals surface area (Å²) in [7, 11) is 0. The van der Waals surface area contributed by atoms with Gasteiger partial charge in [0.1, 0.15) is 0 Å². The molecule has 0 aliphatic carbocycles. The molecule has 0 heterocycles. The Bertz CT molecular complexity index is 292. The maximum Gasteiger partial charge on any atom is 0.0632 e. The Morgan fingerprint density at radius 2 is 1.58 bits per heavy atom. The second-order valence-electron chi connectivity index (χ2n) is 2.80. The minimum atomic E-state index is 0. The number of hydrogen-bond acceptors (Lipinski definition) is 1. The standard InChI is InChI=1S/C10H11O.Y/c1-7-4-5-8(2)10(6-11)9(7)3;/h4-5H,1-3H3;/q-1;. The molecule has 1 aromatic rings. The van der Waals surface area contributed by atoms with Crippen LogP contribution in [0.3, 0.4) is 0 Å². The van der Waals surface area contributed by atoms with E-state index < -0.39 is 0 Å². The molecule has 0 amide bonds. The molecule has 0 spiro atoms. The fourth-order valence-electron chi connectivity index (χ4n) is 1.11. The number of carbonyl (C=O) groups excluding carboxylic acids is 1. The van der Waals surface area contributed by atoms with Gasteiger partial charge in [-0.15, -0.1) is 28.3 Å². The van der Waals surface area contributed by atoms with Gasteiger partial charge in [0.2, 0.25) is 0 Å². The third-order valence-electron chi connectivity index (χ3n) is 2.05. The van der Waals surface area contributed by atoms with Crippen molar-refractivity contribution < 1.29 is 37.5 Å². The van der Waals surface area contributed by atoms with Crippen molar-refractivity contribution in [3.8, 4) is 0 Å². The van der Waals surface area contributed by atoms with Gasteiger partial charge >= 0.3 is 0 Å². The van der Waals surface area contributed by atoms with E-state index in [4.69, 9.17) is 0 Å². The van der Waals surface area contributed by atoms with Crippen LogP contribution in [0.1, 0.15) is 22.3 Å². The Labute approximate surface area is 98.4 Å². The van der Waals surface area contributed by atoms with Gasteiger partial charge in [-0.3, -0.25) is 0 Å². The maximum atomic E-state index is 10.5. The second kappa shape index (κ2) is 4.88. The third-order valence-corrected chi connectivity index (χ3v) is 2.05. The largest absolute Gasteiger partial charge is 0.376 e. The first kappa shape index (κ1) is 12.0. The molecule has 1 rings (SSSR count). The van der Waals surface area contributed by atoms with E-state index in [1.807, 2.05) is 39.2 Å². The van der Waals surface area contributed by atoms with Crippen molar-refractivity contribution in [1.82, 2.24) is 0 Å². The first-order valence-electron chi connectivity index (χ1n) is 3.61. The molecule has 1 aromatic carbocycles. The fraction of sp³-hybridized carbons (Fsp3) is 0.300. The monoisotopic (exact) mass is 236 g/mol. The van der Waals surface area contributed by atoms with E-state index in [0.717, 1.165) is 16.7 Å². The second-order valence-corrected chi connectivity index (χ2v) is 2.80. The van der Waals surface area contributed by atoms with Crippen LogP contribution in [-0.4, -0.2) is 6.29 Å². The molecule has 0 fully saturated rings. The normalized spacial score (nSPS) is 8.92. The molecule has 0 saturated carbocycles. The first-order valence-corrected chi connectivity index (χ1v) is 3.61. The van der Waals surface area contributed by atoms with Gasteiger partial charge in [0.25, 0.3) is 0 Å². The van der Waals surface area contributed by atoms with Gasteiger partial charge in [-0.25, -0.2) is 0 Å². The minimum Gasteiger partial charge on any atom is -0.376 e. The van der Waals surface area contributed by atoms with Crippen LogP contribution >= 0.6 is 0 Å². The van der Waals surface area contributed by atoms with E-state index >= 15 is 0 Å². The van der Waals surface area contributed by atoms with Crippen molar-refractivity contribution in [2.45, 2.75) is 20.8 Å². The molecule has 0 saturated heterocycles. The zero-order valence-corrected chi connectivity index (χ0v) is 10.5. The van der Waals surface area contributed by atoms with E-state index in [0.29, 0.717) is 5.56 Å². The molecular weight excluding hydrogens is 225 g/mol. The molecule has 12 heavy (non-hydrogen) atoms. The summed E-state index contributed by atoms with van der Waals surface area (Å²) in [6, 6.07) is 3.97. The van der Waals surface area contributed by atoms with Crippen molar-refractivity contribution in [2.24, 2.45) is 0 Å². The van der Waals surface area contributed by atoms with Crippen LogP contribution < -0.4 is 0 Å².